The van der Waals surface area contributed by atoms with Gasteiger partial charge in [0.05, 0.1) is 5.56 Å². The fraction of sp³-hybridized carbons (Fsp3) is 0.158. The molecule has 0 fully saturated rings. The van der Waals surface area contributed by atoms with Gasteiger partial charge in [0.1, 0.15) is 12.6 Å². The third kappa shape index (κ3) is 1.82. The van der Waals surface area contributed by atoms with Crippen LogP contribution in [-0.2, 0) is 7.05 Å². The predicted molar refractivity (Wildman–Crippen MR) is 87.6 cm³/mol. The molecule has 0 aliphatic heterocycles. The van der Waals surface area contributed by atoms with Crippen LogP contribution in [0.25, 0.3) is 33.3 Å². The Kier molecular flexibility index (Phi) is 2.15. The van der Waals surface area contributed by atoms with E-state index in [-0.39, 0.29) is 5.69 Å². The molecule has 0 radical (unpaired) electrons. The fourth-order valence-electron chi connectivity index (χ4n) is 2.97. The van der Waals surface area contributed by atoms with Crippen LogP contribution in [0.15, 0.2) is 53.1 Å². The van der Waals surface area contributed by atoms with E-state index in [1.54, 1.807) is 12.1 Å². The second kappa shape index (κ2) is 4.67. The van der Waals surface area contributed by atoms with Crippen LogP contribution in [0.2, 0.25) is 0 Å². The number of aromatic nitrogens is 2. The first kappa shape index (κ1) is 10.1. The first-order valence-electron chi connectivity index (χ1n) is 8.64. The topological polar surface area (TPSA) is 29.9 Å². The van der Waals surface area contributed by atoms with E-state index in [1.807, 2.05) is 37.5 Å². The lowest BCUT2D eigenvalue weighted by Crippen LogP contribution is -2.30. The Labute approximate surface area is 133 Å². The number of hydrogen-bond donors (Lipinski definition) is 0. The monoisotopic (exact) mass is 292 g/mol. The summed E-state index contributed by atoms with van der Waals surface area (Å²) in [6.07, 6.45) is 2.00. The summed E-state index contributed by atoms with van der Waals surface area (Å²) in [6.45, 7) is -0.192. The molecular formula is C19H17N2O+. The van der Waals surface area contributed by atoms with Gasteiger partial charge in [0, 0.05) is 32.7 Å². The molecule has 0 amide bonds. The lowest BCUT2D eigenvalue weighted by atomic mass is 9.98. The van der Waals surface area contributed by atoms with Crippen molar-refractivity contribution in [3.63, 3.8) is 0 Å². The second-order valence-corrected chi connectivity index (χ2v) is 5.48. The number of nitrogens with zero attached hydrogens (tertiary/aromatic N) is 2. The molecular weight excluding hydrogens is 272 g/mol. The molecule has 0 spiro atoms. The van der Waals surface area contributed by atoms with E-state index in [0.29, 0.717) is 11.3 Å². The van der Waals surface area contributed by atoms with E-state index in [0.717, 1.165) is 27.6 Å². The largest absolute Gasteiger partial charge is 0.438 e. The molecule has 0 aliphatic rings. The van der Waals surface area contributed by atoms with E-state index in [2.05, 4.69) is 22.5 Å². The lowest BCUT2D eigenvalue weighted by molar-refractivity contribution is -0.660. The van der Waals surface area contributed by atoms with Gasteiger partial charge in [0.25, 0.3) is 0 Å². The molecule has 0 bridgehead atoms. The minimum atomic E-state index is -2.25. The molecule has 3 aromatic heterocycles. The average Bonchev–Trinajstić information content (AvgIpc) is 2.93. The van der Waals surface area contributed by atoms with Crippen LogP contribution in [0.5, 0.6) is 0 Å². The van der Waals surface area contributed by atoms with Gasteiger partial charge < -0.3 is 4.42 Å². The van der Waals surface area contributed by atoms with Gasteiger partial charge in [0.2, 0.25) is 11.4 Å². The smallest absolute Gasteiger partial charge is 0.227 e. The number of pyridine rings is 2. The van der Waals surface area contributed by atoms with E-state index < -0.39 is 6.85 Å². The van der Waals surface area contributed by atoms with Crippen molar-refractivity contribution < 1.29 is 13.1 Å². The van der Waals surface area contributed by atoms with Crippen LogP contribution in [0.3, 0.4) is 0 Å². The Morgan fingerprint density at radius 1 is 1.14 bits per heavy atom. The van der Waals surface area contributed by atoms with Crippen molar-refractivity contribution in [3.05, 3.63) is 59.9 Å². The Morgan fingerprint density at radius 3 is 2.86 bits per heavy atom. The van der Waals surface area contributed by atoms with Crippen molar-refractivity contribution in [1.29, 1.82) is 0 Å². The summed E-state index contributed by atoms with van der Waals surface area (Å²) in [4.78, 5) is 4.23. The molecule has 0 N–H and O–H groups in total. The van der Waals surface area contributed by atoms with Crippen LogP contribution >= 0.6 is 0 Å². The summed E-state index contributed by atoms with van der Waals surface area (Å²) in [7, 11) is 2.00. The fourth-order valence-corrected chi connectivity index (χ4v) is 2.97. The van der Waals surface area contributed by atoms with Gasteiger partial charge in [-0.25, -0.2) is 9.55 Å². The zero-order valence-corrected chi connectivity index (χ0v) is 12.4. The molecule has 22 heavy (non-hydrogen) atoms. The maximum Gasteiger partial charge on any atom is 0.227 e. The van der Waals surface area contributed by atoms with E-state index >= 15 is 0 Å². The number of hydrogen-bond acceptors (Lipinski definition) is 2. The highest BCUT2D eigenvalue weighted by Crippen LogP contribution is 2.36. The Bertz CT molecular complexity index is 1110. The zero-order valence-electron chi connectivity index (χ0n) is 15.4. The quantitative estimate of drug-likeness (QED) is 0.495. The molecule has 0 unspecified atom stereocenters. The molecule has 108 valence electrons. The Morgan fingerprint density at radius 2 is 2.05 bits per heavy atom. The first-order valence-corrected chi connectivity index (χ1v) is 7.14. The van der Waals surface area contributed by atoms with Crippen molar-refractivity contribution in [1.82, 2.24) is 4.98 Å². The van der Waals surface area contributed by atoms with Crippen LogP contribution in [0.1, 0.15) is 15.4 Å². The molecule has 0 saturated carbocycles. The highest BCUT2D eigenvalue weighted by Gasteiger charge is 2.20. The summed E-state index contributed by atoms with van der Waals surface area (Å²) >= 11 is 0. The third-order valence-electron chi connectivity index (χ3n) is 4.02. The van der Waals surface area contributed by atoms with E-state index in [9.17, 15) is 0 Å². The minimum Gasteiger partial charge on any atom is -0.438 e. The van der Waals surface area contributed by atoms with Gasteiger partial charge in [0.15, 0.2) is 6.20 Å². The van der Waals surface area contributed by atoms with Gasteiger partial charge >= 0.3 is 0 Å². The molecule has 0 saturated heterocycles. The highest BCUT2D eigenvalue weighted by molar-refractivity contribution is 6.11. The van der Waals surface area contributed by atoms with E-state index in [1.165, 1.54) is 0 Å². The van der Waals surface area contributed by atoms with Crippen LogP contribution < -0.4 is 4.57 Å². The van der Waals surface area contributed by atoms with Crippen molar-refractivity contribution in [2.75, 3.05) is 0 Å². The van der Waals surface area contributed by atoms with Gasteiger partial charge in [-0.05, 0) is 43.6 Å². The number of fused-ring (bicyclic) bond motifs is 3. The van der Waals surface area contributed by atoms with Gasteiger partial charge in [-0.15, -0.1) is 0 Å². The molecule has 0 aliphatic carbocycles. The highest BCUT2D eigenvalue weighted by atomic mass is 16.3. The summed E-state index contributed by atoms with van der Waals surface area (Å²) in [5, 5.41) is 1.78. The molecule has 3 heterocycles. The van der Waals surface area contributed by atoms with Crippen molar-refractivity contribution in [2.45, 2.75) is 13.8 Å². The van der Waals surface area contributed by atoms with Crippen LogP contribution in [-0.4, -0.2) is 4.98 Å². The van der Waals surface area contributed by atoms with Gasteiger partial charge in [-0.3, -0.25) is 0 Å². The molecule has 1 aromatic carbocycles. The zero-order chi connectivity index (χ0) is 17.8. The number of rotatable bonds is 1. The third-order valence-corrected chi connectivity index (χ3v) is 4.02. The maximum atomic E-state index is 7.55. The van der Waals surface area contributed by atoms with Gasteiger partial charge in [-0.1, -0.05) is 6.07 Å². The SMILES string of the molecule is [2H]C([2H])([2H])c1ccc2c(n1)oc1ccc(C)c(-c3cccc[n+]3C)c12. The molecule has 3 nitrogen and oxygen atoms in total. The van der Waals surface area contributed by atoms with Crippen molar-refractivity contribution in [3.8, 4) is 11.3 Å². The molecule has 3 heteroatoms. The normalized spacial score (nSPS) is 14.0. The van der Waals surface area contributed by atoms with Crippen LogP contribution in [0, 0.1) is 13.8 Å². The molecule has 4 rings (SSSR count). The maximum absolute atomic E-state index is 7.55. The lowest BCUT2D eigenvalue weighted by Gasteiger charge is -2.05. The van der Waals surface area contributed by atoms with Gasteiger partial charge in [-0.2, -0.15) is 0 Å². The second-order valence-electron chi connectivity index (χ2n) is 5.48. The number of aryl methyl sites for hydroxylation is 3. The summed E-state index contributed by atoms with van der Waals surface area (Å²) in [5.74, 6) is 0. The number of furan rings is 1. The minimum absolute atomic E-state index is 0.0441. The van der Waals surface area contributed by atoms with E-state index in [4.69, 9.17) is 8.53 Å². The average molecular weight is 292 g/mol. The summed E-state index contributed by atoms with van der Waals surface area (Å²) < 4.78 is 30.6. The first-order chi connectivity index (χ1) is 11.9. The number of benzene rings is 1. The van der Waals surface area contributed by atoms with Crippen molar-refractivity contribution in [2.24, 2.45) is 7.05 Å². The molecule has 4 aromatic rings. The Balaban J connectivity index is 2.10. The summed E-state index contributed by atoms with van der Waals surface area (Å²) in [5.41, 5.74) is 4.36. The predicted octanol–water partition coefficient (Wildman–Crippen LogP) is 4.09. The standard InChI is InChI=1S/C19H17N2O/c1-12-7-10-16-18(14-9-8-13(2)20-19(14)22-16)17(12)15-6-4-5-11-21(15)3/h4-11H,1-3H3/q+1/i2D3. The molecule has 0 atom stereocenters. The van der Waals surface area contributed by atoms with Crippen molar-refractivity contribution >= 4 is 22.1 Å². The Hall–Kier alpha value is -2.68. The van der Waals surface area contributed by atoms with Crippen LogP contribution in [0.4, 0.5) is 0 Å². The summed E-state index contributed by atoms with van der Waals surface area (Å²) in [6, 6.07) is 13.3.